The topological polar surface area (TPSA) is 81.8 Å². The van der Waals surface area contributed by atoms with E-state index in [9.17, 15) is 0 Å². The number of nitrogens with two attached hydrogens (primary N) is 1. The van der Waals surface area contributed by atoms with Crippen LogP contribution in [0, 0.1) is 5.92 Å². The van der Waals surface area contributed by atoms with E-state index in [4.69, 9.17) is 15.2 Å². The highest BCUT2D eigenvalue weighted by atomic mass is 16.5. The molecule has 0 spiro atoms. The summed E-state index contributed by atoms with van der Waals surface area (Å²) in [5.41, 5.74) is 8.95. The van der Waals surface area contributed by atoms with Crippen molar-refractivity contribution >= 4 is 11.6 Å². The van der Waals surface area contributed by atoms with Gasteiger partial charge in [-0.05, 0) is 37.0 Å². The van der Waals surface area contributed by atoms with E-state index in [0.717, 1.165) is 23.2 Å². The summed E-state index contributed by atoms with van der Waals surface area (Å²) in [6.07, 6.45) is 2.85. The van der Waals surface area contributed by atoms with Crippen molar-refractivity contribution in [3.63, 3.8) is 0 Å². The van der Waals surface area contributed by atoms with Gasteiger partial charge in [0.15, 0.2) is 5.96 Å². The van der Waals surface area contributed by atoms with E-state index < -0.39 is 0 Å². The molecule has 1 atom stereocenters. The summed E-state index contributed by atoms with van der Waals surface area (Å²) in [5, 5.41) is 3.13. The van der Waals surface area contributed by atoms with Crippen LogP contribution in [0.2, 0.25) is 0 Å². The number of ether oxygens (including phenoxy) is 2. The molecule has 0 aliphatic heterocycles. The van der Waals surface area contributed by atoms with E-state index in [1.807, 2.05) is 36.4 Å². The third kappa shape index (κ3) is 7.27. The second-order valence-electron chi connectivity index (χ2n) is 6.98. The van der Waals surface area contributed by atoms with Gasteiger partial charge in [0.25, 0.3) is 0 Å². The molecule has 0 bridgehead atoms. The number of anilines is 1. The van der Waals surface area contributed by atoms with E-state index in [0.29, 0.717) is 30.9 Å². The van der Waals surface area contributed by atoms with Crippen LogP contribution < -0.4 is 15.8 Å². The fourth-order valence-corrected chi connectivity index (χ4v) is 2.81. The van der Waals surface area contributed by atoms with Crippen LogP contribution in [0.4, 0.5) is 5.69 Å². The molecule has 27 heavy (non-hydrogen) atoms. The standard InChI is InChI=1S/C21H30N4O2/c1-15(2)11-16(3)27-20-12-17(9-10-23-20)13-24-21(22)25-19-8-6-5-7-18(19)14-26-4/h5-10,12,15-16H,11,13-14H2,1-4H3,(H3,22,24,25). The van der Waals surface area contributed by atoms with Crippen LogP contribution in [0.1, 0.15) is 38.3 Å². The van der Waals surface area contributed by atoms with Crippen LogP contribution in [0.5, 0.6) is 5.88 Å². The van der Waals surface area contributed by atoms with Crippen molar-refractivity contribution in [3.8, 4) is 5.88 Å². The number of nitrogens with zero attached hydrogens (tertiary/aromatic N) is 2. The fraction of sp³-hybridized carbons (Fsp3) is 0.429. The summed E-state index contributed by atoms with van der Waals surface area (Å²) in [5.74, 6) is 1.55. The highest BCUT2D eigenvalue weighted by Crippen LogP contribution is 2.17. The lowest BCUT2D eigenvalue weighted by Gasteiger charge is -2.16. The number of aromatic nitrogens is 1. The summed E-state index contributed by atoms with van der Waals surface area (Å²) in [6.45, 7) is 7.38. The number of guanidine groups is 1. The second-order valence-corrected chi connectivity index (χ2v) is 6.98. The quantitative estimate of drug-likeness (QED) is 0.516. The summed E-state index contributed by atoms with van der Waals surface area (Å²) < 4.78 is 11.1. The minimum absolute atomic E-state index is 0.125. The van der Waals surface area contributed by atoms with E-state index in [1.165, 1.54) is 0 Å². The Bertz CT molecular complexity index is 746. The molecule has 2 aromatic rings. The Morgan fingerprint density at radius 3 is 2.74 bits per heavy atom. The van der Waals surface area contributed by atoms with Gasteiger partial charge in [-0.15, -0.1) is 0 Å². The monoisotopic (exact) mass is 370 g/mol. The van der Waals surface area contributed by atoms with Crippen molar-refractivity contribution in [2.75, 3.05) is 12.4 Å². The number of aliphatic imine (C=N–C) groups is 1. The molecular formula is C21H30N4O2. The van der Waals surface area contributed by atoms with Crippen LogP contribution in [0.3, 0.4) is 0 Å². The number of methoxy groups -OCH3 is 1. The maximum absolute atomic E-state index is 6.04. The fourth-order valence-electron chi connectivity index (χ4n) is 2.81. The highest BCUT2D eigenvalue weighted by molar-refractivity contribution is 5.92. The predicted molar refractivity (Wildman–Crippen MR) is 110 cm³/mol. The lowest BCUT2D eigenvalue weighted by molar-refractivity contribution is 0.185. The van der Waals surface area contributed by atoms with Crippen molar-refractivity contribution in [1.82, 2.24) is 4.98 Å². The zero-order valence-corrected chi connectivity index (χ0v) is 16.6. The van der Waals surface area contributed by atoms with Crippen LogP contribution in [0.25, 0.3) is 0 Å². The normalized spacial score (nSPS) is 12.9. The summed E-state index contributed by atoms with van der Waals surface area (Å²) >= 11 is 0. The van der Waals surface area contributed by atoms with E-state index >= 15 is 0 Å². The molecule has 0 fully saturated rings. The average Bonchev–Trinajstić information content (AvgIpc) is 2.61. The van der Waals surface area contributed by atoms with Gasteiger partial charge in [0, 0.05) is 30.6 Å². The summed E-state index contributed by atoms with van der Waals surface area (Å²) in [7, 11) is 1.67. The van der Waals surface area contributed by atoms with Crippen LogP contribution >= 0.6 is 0 Å². The number of hydrogen-bond acceptors (Lipinski definition) is 4. The molecule has 0 radical (unpaired) electrons. The maximum Gasteiger partial charge on any atom is 0.213 e. The molecule has 6 heteroatoms. The Hall–Kier alpha value is -2.60. The number of pyridine rings is 1. The lowest BCUT2D eigenvalue weighted by Crippen LogP contribution is -2.23. The summed E-state index contributed by atoms with van der Waals surface area (Å²) in [4.78, 5) is 8.70. The molecule has 1 aromatic heterocycles. The van der Waals surface area contributed by atoms with Crippen molar-refractivity contribution in [3.05, 3.63) is 53.7 Å². The van der Waals surface area contributed by atoms with Crippen LogP contribution in [-0.4, -0.2) is 24.2 Å². The average molecular weight is 370 g/mol. The molecule has 1 aromatic carbocycles. The zero-order valence-electron chi connectivity index (χ0n) is 16.6. The molecule has 1 heterocycles. The molecule has 0 saturated carbocycles. The Labute approximate surface area is 161 Å². The Balaban J connectivity index is 1.98. The molecule has 2 rings (SSSR count). The van der Waals surface area contributed by atoms with Gasteiger partial charge in [-0.25, -0.2) is 9.98 Å². The van der Waals surface area contributed by atoms with Gasteiger partial charge < -0.3 is 20.5 Å². The van der Waals surface area contributed by atoms with Gasteiger partial charge in [-0.1, -0.05) is 32.0 Å². The maximum atomic E-state index is 6.04. The third-order valence-electron chi connectivity index (χ3n) is 3.94. The number of hydrogen-bond donors (Lipinski definition) is 2. The van der Waals surface area contributed by atoms with Crippen molar-refractivity contribution in [2.45, 2.75) is 46.4 Å². The van der Waals surface area contributed by atoms with Crippen molar-refractivity contribution in [1.29, 1.82) is 0 Å². The van der Waals surface area contributed by atoms with Gasteiger partial charge in [-0.3, -0.25) is 0 Å². The minimum Gasteiger partial charge on any atom is -0.475 e. The van der Waals surface area contributed by atoms with Gasteiger partial charge in [0.1, 0.15) is 0 Å². The molecule has 0 saturated heterocycles. The molecule has 3 N–H and O–H groups in total. The Morgan fingerprint density at radius 1 is 1.22 bits per heavy atom. The van der Waals surface area contributed by atoms with Gasteiger partial charge >= 0.3 is 0 Å². The number of benzene rings is 1. The van der Waals surface area contributed by atoms with Gasteiger partial charge in [0.05, 0.1) is 19.3 Å². The second kappa shape index (κ2) is 10.5. The first-order valence-corrected chi connectivity index (χ1v) is 9.23. The Kier molecular flexibility index (Phi) is 8.07. The van der Waals surface area contributed by atoms with Crippen molar-refractivity contribution in [2.24, 2.45) is 16.6 Å². The third-order valence-corrected chi connectivity index (χ3v) is 3.94. The van der Waals surface area contributed by atoms with E-state index in [1.54, 1.807) is 13.3 Å². The molecule has 0 aliphatic rings. The largest absolute Gasteiger partial charge is 0.475 e. The molecule has 0 aliphatic carbocycles. The van der Waals surface area contributed by atoms with Gasteiger partial charge in [0.2, 0.25) is 5.88 Å². The summed E-state index contributed by atoms with van der Waals surface area (Å²) in [6, 6.07) is 11.7. The van der Waals surface area contributed by atoms with E-state index in [-0.39, 0.29) is 6.10 Å². The lowest BCUT2D eigenvalue weighted by atomic mass is 10.1. The molecule has 1 unspecified atom stereocenters. The SMILES string of the molecule is COCc1ccccc1NC(N)=NCc1ccnc(OC(C)CC(C)C)c1. The number of para-hydroxylation sites is 1. The first-order valence-electron chi connectivity index (χ1n) is 9.23. The number of nitrogens with one attached hydrogen (secondary N) is 1. The Morgan fingerprint density at radius 2 is 2.00 bits per heavy atom. The van der Waals surface area contributed by atoms with E-state index in [2.05, 4.69) is 36.1 Å². The van der Waals surface area contributed by atoms with Crippen molar-refractivity contribution < 1.29 is 9.47 Å². The predicted octanol–water partition coefficient (Wildman–Crippen LogP) is 3.97. The van der Waals surface area contributed by atoms with Crippen LogP contribution in [0.15, 0.2) is 47.6 Å². The highest BCUT2D eigenvalue weighted by Gasteiger charge is 2.08. The minimum atomic E-state index is 0.125. The van der Waals surface area contributed by atoms with Gasteiger partial charge in [-0.2, -0.15) is 0 Å². The zero-order chi connectivity index (χ0) is 19.6. The molecular weight excluding hydrogens is 340 g/mol. The first-order chi connectivity index (χ1) is 13.0. The smallest absolute Gasteiger partial charge is 0.213 e. The molecule has 146 valence electrons. The van der Waals surface area contributed by atoms with Crippen LogP contribution in [-0.2, 0) is 17.9 Å². The number of rotatable bonds is 9. The molecule has 6 nitrogen and oxygen atoms in total. The first kappa shape index (κ1) is 20.7. The molecule has 0 amide bonds.